The van der Waals surface area contributed by atoms with Gasteiger partial charge in [0.05, 0.1) is 7.11 Å². The lowest BCUT2D eigenvalue weighted by atomic mass is 9.87. The van der Waals surface area contributed by atoms with E-state index in [1.165, 1.54) is 37.2 Å². The Morgan fingerprint density at radius 1 is 0.791 bits per heavy atom. The van der Waals surface area contributed by atoms with E-state index < -0.39 is 23.6 Å². The van der Waals surface area contributed by atoms with Crippen LogP contribution in [0.3, 0.4) is 0 Å². The van der Waals surface area contributed by atoms with E-state index >= 15 is 0 Å². The van der Waals surface area contributed by atoms with Crippen molar-refractivity contribution in [3.8, 4) is 40.5 Å². The number of nitrogens with zero attached hydrogens (tertiary/aromatic N) is 4. The van der Waals surface area contributed by atoms with E-state index in [4.69, 9.17) is 24.6 Å². The fourth-order valence-electron chi connectivity index (χ4n) is 3.22. The third-order valence-electron chi connectivity index (χ3n) is 5.51. The SMILES string of the molecule is CC(C)(C)c1ccc(O)cc1.COc1ccccc1Oc1c(NS)nc(-c2ncccn2)nc1OC(O)(O)C(O)(O)OO. The van der Waals surface area contributed by atoms with Crippen molar-refractivity contribution >= 4 is 18.6 Å². The van der Waals surface area contributed by atoms with Gasteiger partial charge in [-0.2, -0.15) is 9.87 Å². The number of anilines is 1. The highest BCUT2D eigenvalue weighted by Gasteiger charge is 2.55. The number of hydrogen-bond acceptors (Lipinski definition) is 16. The summed E-state index contributed by atoms with van der Waals surface area (Å²) in [6, 6.07) is 15.3. The molecule has 2 aromatic carbocycles. The summed E-state index contributed by atoms with van der Waals surface area (Å²) in [6.07, 6.45) is 2.79. The molecular weight excluding hydrogens is 586 g/mol. The van der Waals surface area contributed by atoms with Crippen LogP contribution in [0.25, 0.3) is 11.6 Å². The molecule has 2 aromatic heterocycles. The lowest BCUT2D eigenvalue weighted by Crippen LogP contribution is -2.59. The molecule has 0 amide bonds. The molecule has 0 unspecified atom stereocenters. The molecule has 15 nitrogen and oxygen atoms in total. The van der Waals surface area contributed by atoms with Crippen LogP contribution in [0.2, 0.25) is 0 Å². The van der Waals surface area contributed by atoms with Gasteiger partial charge in [0, 0.05) is 12.4 Å². The molecule has 2 heterocycles. The smallest absolute Gasteiger partial charge is 0.413 e. The number of aromatic nitrogens is 4. The molecule has 0 bridgehead atoms. The molecule has 0 saturated carbocycles. The maximum Gasteiger partial charge on any atom is 0.413 e. The van der Waals surface area contributed by atoms with Crippen molar-refractivity contribution in [1.82, 2.24) is 19.9 Å². The summed E-state index contributed by atoms with van der Waals surface area (Å²) in [5.41, 5.74) is 1.42. The van der Waals surface area contributed by atoms with Gasteiger partial charge in [-0.15, -0.1) is 0 Å². The molecule has 16 heteroatoms. The second-order valence-electron chi connectivity index (χ2n) is 9.67. The second kappa shape index (κ2) is 13.8. The van der Waals surface area contributed by atoms with Gasteiger partial charge in [-0.05, 0) is 41.3 Å². The van der Waals surface area contributed by atoms with E-state index in [0.29, 0.717) is 5.75 Å². The first-order valence-corrected chi connectivity index (χ1v) is 12.8. The first-order valence-electron chi connectivity index (χ1n) is 12.3. The van der Waals surface area contributed by atoms with Gasteiger partial charge in [-0.1, -0.05) is 57.9 Å². The highest BCUT2D eigenvalue weighted by Crippen LogP contribution is 2.42. The summed E-state index contributed by atoms with van der Waals surface area (Å²) in [5.74, 6) is -8.75. The number of benzene rings is 2. The number of aliphatic hydroxyl groups is 4. The van der Waals surface area contributed by atoms with Gasteiger partial charge in [0.25, 0.3) is 5.88 Å². The lowest BCUT2D eigenvalue weighted by molar-refractivity contribution is -0.575. The van der Waals surface area contributed by atoms with Gasteiger partial charge in [-0.25, -0.2) is 20.2 Å². The second-order valence-corrected chi connectivity index (χ2v) is 9.90. The highest BCUT2D eigenvalue weighted by atomic mass is 32.1. The van der Waals surface area contributed by atoms with Crippen LogP contribution in [0, 0.1) is 0 Å². The fourth-order valence-corrected chi connectivity index (χ4v) is 3.37. The third kappa shape index (κ3) is 8.39. The van der Waals surface area contributed by atoms with Gasteiger partial charge in [-0.3, -0.25) is 0 Å². The predicted molar refractivity (Wildman–Crippen MR) is 154 cm³/mol. The molecular formula is C27H31N5O10S. The average Bonchev–Trinajstić information content (AvgIpc) is 2.98. The number of ether oxygens (including phenoxy) is 3. The maximum absolute atomic E-state index is 9.95. The quantitative estimate of drug-likeness (QED) is 0.0585. The molecule has 0 fully saturated rings. The summed E-state index contributed by atoms with van der Waals surface area (Å²) in [6.45, 7) is 6.46. The van der Waals surface area contributed by atoms with Crippen LogP contribution in [0.15, 0.2) is 67.0 Å². The number of aromatic hydroxyl groups is 1. The van der Waals surface area contributed by atoms with Crippen molar-refractivity contribution in [2.45, 2.75) is 38.1 Å². The number of hydrogen-bond donors (Lipinski definition) is 8. The first kappa shape index (κ1) is 33.2. The van der Waals surface area contributed by atoms with Crippen molar-refractivity contribution in [3.05, 3.63) is 72.6 Å². The molecule has 0 aliphatic heterocycles. The van der Waals surface area contributed by atoms with E-state index in [1.54, 1.807) is 30.3 Å². The third-order valence-corrected chi connectivity index (χ3v) is 5.72. The number of phenolic OH excluding ortho intramolecular Hbond substituents is 1. The molecule has 0 spiro atoms. The van der Waals surface area contributed by atoms with Crippen LogP contribution in [0.1, 0.15) is 26.3 Å². The van der Waals surface area contributed by atoms with Crippen molar-refractivity contribution in [2.24, 2.45) is 0 Å². The summed E-state index contributed by atoms with van der Waals surface area (Å²) in [5, 5.41) is 56.5. The summed E-state index contributed by atoms with van der Waals surface area (Å²) in [7, 11) is 1.39. The van der Waals surface area contributed by atoms with Crippen LogP contribution >= 0.6 is 12.8 Å². The van der Waals surface area contributed by atoms with E-state index in [9.17, 15) is 20.4 Å². The Hall–Kier alpha value is -4.29. The Morgan fingerprint density at radius 2 is 1.40 bits per heavy atom. The zero-order chi connectivity index (χ0) is 31.8. The number of rotatable bonds is 9. The van der Waals surface area contributed by atoms with E-state index in [0.717, 1.165) is 0 Å². The van der Waals surface area contributed by atoms with Crippen LogP contribution in [-0.4, -0.2) is 69.8 Å². The summed E-state index contributed by atoms with van der Waals surface area (Å²) < 4.78 is 18.2. The van der Waals surface area contributed by atoms with E-state index in [-0.39, 0.29) is 34.4 Å². The molecule has 230 valence electrons. The monoisotopic (exact) mass is 617 g/mol. The zero-order valence-corrected chi connectivity index (χ0v) is 24.3. The number of para-hydroxylation sites is 2. The normalized spacial score (nSPS) is 11.7. The Morgan fingerprint density at radius 3 is 1.93 bits per heavy atom. The van der Waals surface area contributed by atoms with Crippen molar-refractivity contribution < 1.29 is 49.9 Å². The standard InChI is InChI=1S/C17H17N5O9S.C10H14O/c1-28-9-5-2-3-6-10(9)29-11-12(22-32)20-14(13-18-7-4-8-19-13)21-15(11)30-16(23,24)17(25,26)31-27;1-10(2,3)8-4-6-9(11)7-5-8/h2-8,23-27,32H,1H3,(H,20,21,22);4-7,11H,1-3H3. The summed E-state index contributed by atoms with van der Waals surface area (Å²) in [4.78, 5) is 19.3. The predicted octanol–water partition coefficient (Wildman–Crippen LogP) is 2.83. The number of nitrogens with one attached hydrogen (secondary N) is 1. The number of methoxy groups -OCH3 is 1. The molecule has 43 heavy (non-hydrogen) atoms. The Kier molecular flexibility index (Phi) is 10.7. The van der Waals surface area contributed by atoms with Gasteiger partial charge >= 0.3 is 11.9 Å². The number of phenols is 1. The minimum Gasteiger partial charge on any atom is -0.508 e. The minimum absolute atomic E-state index is 0.00910. The molecule has 0 aliphatic carbocycles. The van der Waals surface area contributed by atoms with Gasteiger partial charge in [0.2, 0.25) is 11.6 Å². The Bertz CT molecular complexity index is 1490. The first-order chi connectivity index (χ1) is 20.2. The van der Waals surface area contributed by atoms with Crippen LogP contribution in [-0.2, 0) is 10.3 Å². The highest BCUT2D eigenvalue weighted by molar-refractivity contribution is 7.81. The van der Waals surface area contributed by atoms with Crippen molar-refractivity contribution in [1.29, 1.82) is 0 Å². The molecule has 4 aromatic rings. The van der Waals surface area contributed by atoms with Crippen LogP contribution in [0.4, 0.5) is 5.82 Å². The van der Waals surface area contributed by atoms with E-state index in [2.05, 4.69) is 63.1 Å². The molecule has 7 N–H and O–H groups in total. The van der Waals surface area contributed by atoms with Crippen LogP contribution < -0.4 is 18.9 Å². The molecule has 4 rings (SSSR count). The minimum atomic E-state index is -3.99. The van der Waals surface area contributed by atoms with E-state index in [1.807, 2.05) is 12.1 Å². The zero-order valence-electron chi connectivity index (χ0n) is 23.4. The van der Waals surface area contributed by atoms with Gasteiger partial charge in [0.1, 0.15) is 5.75 Å². The lowest BCUT2D eigenvalue weighted by Gasteiger charge is -2.30. The Balaban J connectivity index is 0.000000386. The van der Waals surface area contributed by atoms with Crippen molar-refractivity contribution in [3.63, 3.8) is 0 Å². The topological polar surface area (TPSA) is 222 Å². The average molecular weight is 618 g/mol. The Labute approximate surface area is 251 Å². The van der Waals surface area contributed by atoms with Gasteiger partial charge in [0.15, 0.2) is 23.1 Å². The fraction of sp³-hybridized carbons (Fsp3) is 0.259. The number of thiol groups is 1. The molecule has 0 aliphatic rings. The largest absolute Gasteiger partial charge is 0.508 e. The molecule has 0 radical (unpaired) electrons. The summed E-state index contributed by atoms with van der Waals surface area (Å²) >= 11 is 3.95. The molecule has 0 atom stereocenters. The van der Waals surface area contributed by atoms with Crippen LogP contribution in [0.5, 0.6) is 28.9 Å². The maximum atomic E-state index is 9.95. The molecule has 0 saturated heterocycles. The van der Waals surface area contributed by atoms with Gasteiger partial charge < -0.3 is 44.5 Å². The van der Waals surface area contributed by atoms with Crippen molar-refractivity contribution in [2.75, 3.05) is 11.8 Å².